The molecular formula is C19H30O4. The number of ether oxygens (including phenoxy) is 3. The summed E-state index contributed by atoms with van der Waals surface area (Å²) in [5.74, 6) is 1.19. The summed E-state index contributed by atoms with van der Waals surface area (Å²) in [4.78, 5) is 11.5. The Kier molecular flexibility index (Phi) is 3.33. The molecule has 6 atom stereocenters. The third-order valence-corrected chi connectivity index (χ3v) is 7.65. The number of hydrogen-bond donors (Lipinski definition) is 0. The van der Waals surface area contributed by atoms with E-state index in [1.54, 1.807) is 0 Å². The molecule has 0 aromatic carbocycles. The van der Waals surface area contributed by atoms with E-state index >= 15 is 0 Å². The number of carbonyl (C=O) groups excluding carboxylic acids is 1. The van der Waals surface area contributed by atoms with Crippen LogP contribution in [0, 0.1) is 22.7 Å². The monoisotopic (exact) mass is 322 g/mol. The van der Waals surface area contributed by atoms with E-state index in [0.29, 0.717) is 17.9 Å². The highest BCUT2D eigenvalue weighted by Crippen LogP contribution is 2.65. The second kappa shape index (κ2) is 4.87. The topological polar surface area (TPSA) is 44.8 Å². The van der Waals surface area contributed by atoms with Gasteiger partial charge in [0.2, 0.25) is 0 Å². The number of fused-ring (bicyclic) bond motifs is 4. The summed E-state index contributed by atoms with van der Waals surface area (Å²) in [6.07, 6.45) is 6.43. The van der Waals surface area contributed by atoms with Gasteiger partial charge in [0.1, 0.15) is 18.8 Å². The lowest BCUT2D eigenvalue weighted by Gasteiger charge is -2.65. The number of cyclic esters (lactones) is 1. The minimum atomic E-state index is -0.528. The molecule has 2 aliphatic carbocycles. The molecule has 0 N–H and O–H groups in total. The maximum Gasteiger partial charge on any atom is 0.508 e. The van der Waals surface area contributed by atoms with Gasteiger partial charge in [0.05, 0.1) is 5.60 Å². The van der Waals surface area contributed by atoms with Crippen molar-refractivity contribution in [1.82, 2.24) is 0 Å². The largest absolute Gasteiger partial charge is 0.508 e. The van der Waals surface area contributed by atoms with Gasteiger partial charge in [-0.15, -0.1) is 0 Å². The average molecular weight is 322 g/mol. The third kappa shape index (κ3) is 2.24. The molecule has 2 saturated carbocycles. The van der Waals surface area contributed by atoms with Crippen LogP contribution in [0.1, 0.15) is 66.2 Å². The van der Waals surface area contributed by atoms with Gasteiger partial charge in [-0.3, -0.25) is 0 Å². The van der Waals surface area contributed by atoms with Crippen molar-refractivity contribution >= 4 is 6.16 Å². The first-order valence-electron chi connectivity index (χ1n) is 9.26. The Bertz CT molecular complexity index is 515. The molecule has 2 heterocycles. The van der Waals surface area contributed by atoms with E-state index in [0.717, 1.165) is 18.8 Å². The molecule has 4 heteroatoms. The van der Waals surface area contributed by atoms with Crippen LogP contribution in [0.2, 0.25) is 0 Å². The van der Waals surface area contributed by atoms with E-state index in [1.165, 1.54) is 25.7 Å². The molecule has 0 amide bonds. The molecule has 4 aliphatic rings. The first kappa shape index (κ1) is 15.7. The molecule has 4 fully saturated rings. The van der Waals surface area contributed by atoms with Crippen molar-refractivity contribution in [2.24, 2.45) is 22.7 Å². The van der Waals surface area contributed by atoms with Gasteiger partial charge in [-0.2, -0.15) is 0 Å². The third-order valence-electron chi connectivity index (χ3n) is 7.65. The normalized spacial score (nSPS) is 51.6. The molecule has 2 unspecified atom stereocenters. The van der Waals surface area contributed by atoms with Crippen LogP contribution in [0.15, 0.2) is 0 Å². The standard InChI is InChI=1S/C19H30O4/c1-17(2)7-5-8-18(3)14(17)6-9-19(4)15(18)10-12-13(23-19)11-21-16(20)22-12/h12-15H,5-11H2,1-4H3/t12?,13?,14-,15+,18-,19+/m1/s1. The van der Waals surface area contributed by atoms with Crippen molar-refractivity contribution < 1.29 is 19.0 Å². The Morgan fingerprint density at radius 3 is 2.57 bits per heavy atom. The number of rotatable bonds is 0. The lowest BCUT2D eigenvalue weighted by Crippen LogP contribution is -2.65. The van der Waals surface area contributed by atoms with Gasteiger partial charge in [0.25, 0.3) is 0 Å². The van der Waals surface area contributed by atoms with Crippen molar-refractivity contribution in [3.05, 3.63) is 0 Å². The van der Waals surface area contributed by atoms with Crippen LogP contribution in [0.3, 0.4) is 0 Å². The van der Waals surface area contributed by atoms with Gasteiger partial charge < -0.3 is 14.2 Å². The molecule has 0 aromatic heterocycles. The predicted octanol–water partition coefficient (Wildman–Crippen LogP) is 4.31. The Labute approximate surface area is 139 Å². The second-order valence-electron chi connectivity index (χ2n) is 9.41. The van der Waals surface area contributed by atoms with Crippen LogP contribution >= 0.6 is 0 Å². The van der Waals surface area contributed by atoms with Crippen molar-refractivity contribution in [2.75, 3.05) is 6.61 Å². The number of hydrogen-bond acceptors (Lipinski definition) is 4. The lowest BCUT2D eigenvalue weighted by molar-refractivity contribution is -0.280. The first-order chi connectivity index (χ1) is 10.7. The zero-order valence-corrected chi connectivity index (χ0v) is 14.9. The van der Waals surface area contributed by atoms with Gasteiger partial charge in [0, 0.05) is 0 Å². The van der Waals surface area contributed by atoms with E-state index in [9.17, 15) is 4.79 Å². The zero-order valence-electron chi connectivity index (χ0n) is 14.9. The summed E-state index contributed by atoms with van der Waals surface area (Å²) in [6.45, 7) is 9.99. The molecule has 0 spiro atoms. The van der Waals surface area contributed by atoms with Gasteiger partial charge in [-0.25, -0.2) is 4.79 Å². The molecule has 0 bridgehead atoms. The molecule has 23 heavy (non-hydrogen) atoms. The van der Waals surface area contributed by atoms with Crippen molar-refractivity contribution in [3.63, 3.8) is 0 Å². The smallest absolute Gasteiger partial charge is 0.431 e. The molecule has 4 rings (SSSR count). The lowest BCUT2D eigenvalue weighted by atomic mass is 9.44. The van der Waals surface area contributed by atoms with Crippen molar-refractivity contribution in [3.8, 4) is 0 Å². The molecule has 4 nitrogen and oxygen atoms in total. The summed E-state index contributed by atoms with van der Waals surface area (Å²) in [6, 6.07) is 0. The van der Waals surface area contributed by atoms with E-state index in [-0.39, 0.29) is 23.2 Å². The highest BCUT2D eigenvalue weighted by atomic mass is 16.8. The fourth-order valence-corrected chi connectivity index (χ4v) is 6.64. The highest BCUT2D eigenvalue weighted by Gasteiger charge is 2.62. The van der Waals surface area contributed by atoms with E-state index < -0.39 is 6.16 Å². The van der Waals surface area contributed by atoms with Crippen molar-refractivity contribution in [1.29, 1.82) is 0 Å². The Morgan fingerprint density at radius 1 is 1.00 bits per heavy atom. The van der Waals surface area contributed by atoms with Crippen LogP contribution in [-0.4, -0.2) is 30.6 Å². The molecule has 0 aromatic rings. The van der Waals surface area contributed by atoms with Crippen molar-refractivity contribution in [2.45, 2.75) is 84.0 Å². The summed E-state index contributed by atoms with van der Waals surface area (Å²) in [5.41, 5.74) is 0.578. The minimum absolute atomic E-state index is 0.0919. The molecule has 0 radical (unpaired) electrons. The van der Waals surface area contributed by atoms with Gasteiger partial charge in [0.15, 0.2) is 0 Å². The van der Waals surface area contributed by atoms with Crippen LogP contribution < -0.4 is 0 Å². The fraction of sp³-hybridized carbons (Fsp3) is 0.947. The van der Waals surface area contributed by atoms with E-state index in [1.807, 2.05) is 0 Å². The summed E-state index contributed by atoms with van der Waals surface area (Å²) in [7, 11) is 0. The van der Waals surface area contributed by atoms with Crippen LogP contribution in [0.25, 0.3) is 0 Å². The van der Waals surface area contributed by atoms with Gasteiger partial charge >= 0.3 is 6.16 Å². The van der Waals surface area contributed by atoms with E-state index in [4.69, 9.17) is 14.2 Å². The average Bonchev–Trinajstić information content (AvgIpc) is 2.45. The molecular weight excluding hydrogens is 292 g/mol. The summed E-state index contributed by atoms with van der Waals surface area (Å²) < 4.78 is 17.0. The summed E-state index contributed by atoms with van der Waals surface area (Å²) >= 11 is 0. The predicted molar refractivity (Wildman–Crippen MR) is 86.1 cm³/mol. The van der Waals surface area contributed by atoms with Gasteiger partial charge in [-0.1, -0.05) is 27.2 Å². The Morgan fingerprint density at radius 2 is 1.78 bits per heavy atom. The quantitative estimate of drug-likeness (QED) is 0.623. The Hall–Kier alpha value is -0.770. The fourth-order valence-electron chi connectivity index (χ4n) is 6.64. The molecule has 2 saturated heterocycles. The van der Waals surface area contributed by atoms with Gasteiger partial charge in [-0.05, 0) is 61.7 Å². The maximum absolute atomic E-state index is 11.5. The van der Waals surface area contributed by atoms with Crippen LogP contribution in [0.4, 0.5) is 4.79 Å². The van der Waals surface area contributed by atoms with Crippen LogP contribution in [0.5, 0.6) is 0 Å². The van der Waals surface area contributed by atoms with Crippen LogP contribution in [-0.2, 0) is 14.2 Å². The summed E-state index contributed by atoms with van der Waals surface area (Å²) in [5, 5.41) is 0. The van der Waals surface area contributed by atoms with E-state index in [2.05, 4.69) is 27.7 Å². The highest BCUT2D eigenvalue weighted by molar-refractivity contribution is 5.61. The SMILES string of the molecule is CC1(C)CCC[C@]2(C)[C@@H]1CC[C@]1(C)OC3COC(=O)OC3C[C@@H]21. The zero-order chi connectivity index (χ0) is 16.5. The molecule has 130 valence electrons. The molecule has 2 aliphatic heterocycles. The Balaban J connectivity index is 1.67. The first-order valence-corrected chi connectivity index (χ1v) is 9.26. The maximum atomic E-state index is 11.5. The second-order valence-corrected chi connectivity index (χ2v) is 9.41. The number of carbonyl (C=O) groups is 1. The minimum Gasteiger partial charge on any atom is -0.431 e.